The third kappa shape index (κ3) is 8.48. The molecule has 0 spiro atoms. The molecule has 4 fully saturated rings. The maximum absolute atomic E-state index is 14.3. The molecule has 4 aliphatic rings. The molecule has 11 nitrogen and oxygen atoms in total. The second kappa shape index (κ2) is 17.2. The number of para-hydroxylation sites is 1. The summed E-state index contributed by atoms with van der Waals surface area (Å²) < 4.78 is 6.09. The molecule has 1 heterocycles. The first kappa shape index (κ1) is 41.6. The summed E-state index contributed by atoms with van der Waals surface area (Å²) in [4.78, 5) is 38.8. The average molecular weight is 770 g/mol. The number of aliphatic hydroxyl groups excluding tert-OH is 2. The minimum atomic E-state index is -0.901. The lowest BCUT2D eigenvalue weighted by atomic mass is 9.45. The van der Waals surface area contributed by atoms with Crippen LogP contribution in [0.5, 0.6) is 5.75 Å². The highest BCUT2D eigenvalue weighted by molar-refractivity contribution is 6.01. The Morgan fingerprint density at radius 2 is 1.77 bits per heavy atom. The van der Waals surface area contributed by atoms with Gasteiger partial charge in [0.15, 0.2) is 0 Å². The van der Waals surface area contributed by atoms with E-state index in [9.17, 15) is 19.8 Å². The molecule has 3 aliphatic carbocycles. The average Bonchev–Trinajstić information content (AvgIpc) is 3.53. The molecule has 3 aromatic rings. The predicted molar refractivity (Wildman–Crippen MR) is 220 cm³/mol. The monoisotopic (exact) mass is 769 g/mol. The summed E-state index contributed by atoms with van der Waals surface area (Å²) in [6.45, 7) is 9.07. The van der Waals surface area contributed by atoms with E-state index in [1.54, 1.807) is 19.1 Å². The number of hydroxylamine groups is 2. The van der Waals surface area contributed by atoms with E-state index in [0.717, 1.165) is 34.4 Å². The Kier molecular flexibility index (Phi) is 12.8. The van der Waals surface area contributed by atoms with Gasteiger partial charge in [-0.1, -0.05) is 75.4 Å². The number of aliphatic hydroxyl groups is 2. The van der Waals surface area contributed by atoms with Crippen molar-refractivity contribution in [1.29, 1.82) is 0 Å². The highest BCUT2D eigenvalue weighted by Gasteiger charge is 2.57. The number of likely N-dealkylation sites (N-methyl/N-ethyl adjacent to an activating group) is 1. The minimum Gasteiger partial charge on any atom is -0.496 e. The van der Waals surface area contributed by atoms with Crippen molar-refractivity contribution in [3.8, 4) is 16.9 Å². The second-order valence-electron chi connectivity index (χ2n) is 17.5. The third-order valence-corrected chi connectivity index (χ3v) is 13.0. The Hall–Kier alpha value is -4.00. The summed E-state index contributed by atoms with van der Waals surface area (Å²) in [5.41, 5.74) is 5.10. The van der Waals surface area contributed by atoms with Crippen LogP contribution in [0, 0.1) is 29.1 Å². The number of anilines is 1. The standard InChI is InChI=1S/C45H63N5O6/c1-27-36-22-32(45(36,3)4)23-37(27)47-44(54)41-40(28(2)52)39(26-51)56-50(41)24-31-16-13-17-34(42(31)55-9)30-18-19-38(49(7)8)35(21-30)43(53)46-33(25-48(5)6)20-29-14-11-10-12-15-29/h10-19,21,27-28,32-33,36-37,39-41,51-52H,20,22-26H2,1-9H3,(H,46,53)(H,47,54)/t27-,28-,32+,33-,36-,37-,39-,40-,41-/m0/s1. The van der Waals surface area contributed by atoms with E-state index in [2.05, 4.69) is 48.4 Å². The Labute approximate surface area is 333 Å². The van der Waals surface area contributed by atoms with Crippen LogP contribution in [0.25, 0.3) is 11.1 Å². The number of hydrogen-bond acceptors (Lipinski definition) is 9. The molecule has 1 saturated heterocycles. The Bertz CT molecular complexity index is 1830. The van der Waals surface area contributed by atoms with Crippen LogP contribution in [-0.2, 0) is 22.6 Å². The number of amides is 2. The fraction of sp³-hybridized carbons (Fsp3) is 0.556. The molecule has 4 N–H and O–H groups in total. The van der Waals surface area contributed by atoms with Crippen molar-refractivity contribution in [2.75, 3.05) is 53.4 Å². The summed E-state index contributed by atoms with van der Waals surface area (Å²) in [5.74, 6) is 1.03. The quantitative estimate of drug-likeness (QED) is 0.169. The molecule has 56 heavy (non-hydrogen) atoms. The van der Waals surface area contributed by atoms with Gasteiger partial charge in [0.25, 0.3) is 5.91 Å². The zero-order valence-electron chi connectivity index (χ0n) is 34.7. The van der Waals surface area contributed by atoms with Gasteiger partial charge in [0.2, 0.25) is 5.91 Å². The third-order valence-electron chi connectivity index (χ3n) is 13.0. The highest BCUT2D eigenvalue weighted by Crippen LogP contribution is 2.61. The van der Waals surface area contributed by atoms with Crippen LogP contribution in [0.15, 0.2) is 66.7 Å². The number of hydrogen-bond donors (Lipinski definition) is 4. The van der Waals surface area contributed by atoms with Crippen LogP contribution in [0.3, 0.4) is 0 Å². The largest absolute Gasteiger partial charge is 0.496 e. The van der Waals surface area contributed by atoms with Gasteiger partial charge in [-0.15, -0.1) is 0 Å². The molecular formula is C45H63N5O6. The molecule has 2 bridgehead atoms. The zero-order chi connectivity index (χ0) is 40.5. The normalized spacial score (nSPS) is 26.6. The number of fused-ring (bicyclic) bond motifs is 2. The van der Waals surface area contributed by atoms with Crippen molar-refractivity contribution in [3.05, 3.63) is 83.4 Å². The van der Waals surface area contributed by atoms with Crippen molar-refractivity contribution >= 4 is 17.5 Å². The fourth-order valence-corrected chi connectivity index (χ4v) is 9.87. The number of benzene rings is 3. The van der Waals surface area contributed by atoms with Gasteiger partial charge in [0, 0.05) is 55.5 Å². The van der Waals surface area contributed by atoms with E-state index in [1.807, 2.05) is 87.7 Å². The zero-order valence-corrected chi connectivity index (χ0v) is 34.7. The molecule has 1 aliphatic heterocycles. The van der Waals surface area contributed by atoms with Gasteiger partial charge >= 0.3 is 0 Å². The molecule has 0 unspecified atom stereocenters. The minimum absolute atomic E-state index is 0.0369. The summed E-state index contributed by atoms with van der Waals surface area (Å²) >= 11 is 0. The van der Waals surface area contributed by atoms with E-state index in [-0.39, 0.29) is 42.5 Å². The molecule has 0 aromatic heterocycles. The number of rotatable bonds is 15. The van der Waals surface area contributed by atoms with Crippen molar-refractivity contribution in [2.24, 2.45) is 29.1 Å². The summed E-state index contributed by atoms with van der Waals surface area (Å²) in [6, 6.07) is 20.9. The van der Waals surface area contributed by atoms with Crippen molar-refractivity contribution in [1.82, 2.24) is 20.6 Å². The van der Waals surface area contributed by atoms with E-state index >= 15 is 0 Å². The summed E-state index contributed by atoms with van der Waals surface area (Å²) in [7, 11) is 9.47. The van der Waals surface area contributed by atoms with Crippen LogP contribution in [0.1, 0.15) is 62.0 Å². The van der Waals surface area contributed by atoms with Crippen LogP contribution in [0.4, 0.5) is 5.69 Å². The number of methoxy groups -OCH3 is 1. The number of nitrogens with zero attached hydrogens (tertiary/aromatic N) is 3. The van der Waals surface area contributed by atoms with Gasteiger partial charge in [-0.3, -0.25) is 14.4 Å². The SMILES string of the molecule is COc1c(CN2O[C@@H](CO)[C@H]([C@H](C)O)[C@H]2C(=O)N[C@H]2C[C@H]3C[C@@H]([C@@H]2C)C3(C)C)cccc1-c1ccc(N(C)C)c(C(=O)N[C@@H](Cc2ccccc2)CN(C)C)c1. The molecule has 11 heteroatoms. The van der Waals surface area contributed by atoms with Crippen LogP contribution < -0.4 is 20.3 Å². The van der Waals surface area contributed by atoms with Crippen LogP contribution >= 0.6 is 0 Å². The maximum atomic E-state index is 14.3. The second-order valence-corrected chi connectivity index (χ2v) is 17.5. The topological polar surface area (TPSA) is 127 Å². The van der Waals surface area contributed by atoms with Crippen LogP contribution in [-0.4, -0.2) is 111 Å². The summed E-state index contributed by atoms with van der Waals surface area (Å²) in [5, 5.41) is 29.6. The lowest BCUT2D eigenvalue weighted by molar-refractivity contribution is -0.183. The predicted octanol–water partition coefficient (Wildman–Crippen LogP) is 4.99. The molecule has 9 atom stereocenters. The van der Waals surface area contributed by atoms with E-state index < -0.39 is 24.2 Å². The number of nitrogens with one attached hydrogen (secondary N) is 2. The number of ether oxygens (including phenoxy) is 1. The highest BCUT2D eigenvalue weighted by atomic mass is 16.7. The number of carbonyl (C=O) groups is 2. The Morgan fingerprint density at radius 3 is 2.38 bits per heavy atom. The van der Waals surface area contributed by atoms with Gasteiger partial charge in [-0.2, -0.15) is 5.06 Å². The van der Waals surface area contributed by atoms with Gasteiger partial charge < -0.3 is 35.4 Å². The fourth-order valence-electron chi connectivity index (χ4n) is 9.87. The van der Waals surface area contributed by atoms with Gasteiger partial charge in [-0.05, 0) is 86.7 Å². The molecule has 0 radical (unpaired) electrons. The molecule has 304 valence electrons. The Balaban J connectivity index is 1.28. The Morgan fingerprint density at radius 1 is 1.04 bits per heavy atom. The first-order valence-corrected chi connectivity index (χ1v) is 20.1. The molecular weight excluding hydrogens is 707 g/mol. The van der Waals surface area contributed by atoms with Gasteiger partial charge in [0.05, 0.1) is 31.9 Å². The number of carbonyl (C=O) groups excluding carboxylic acids is 2. The lowest BCUT2D eigenvalue weighted by Gasteiger charge is -2.62. The smallest absolute Gasteiger partial charge is 0.253 e. The lowest BCUT2D eigenvalue weighted by Crippen LogP contribution is -2.62. The van der Waals surface area contributed by atoms with E-state index in [4.69, 9.17) is 9.57 Å². The van der Waals surface area contributed by atoms with Gasteiger partial charge in [-0.25, -0.2) is 0 Å². The molecule has 3 aromatic carbocycles. The molecule has 2 amide bonds. The van der Waals surface area contributed by atoms with E-state index in [1.165, 1.54) is 6.42 Å². The van der Waals surface area contributed by atoms with Crippen molar-refractivity contribution in [2.45, 2.75) is 83.8 Å². The summed E-state index contributed by atoms with van der Waals surface area (Å²) in [6.07, 6.45) is 1.17. The first-order valence-electron chi connectivity index (χ1n) is 20.1. The van der Waals surface area contributed by atoms with Crippen molar-refractivity contribution < 1.29 is 29.4 Å². The first-order chi connectivity index (χ1) is 26.6. The van der Waals surface area contributed by atoms with Gasteiger partial charge in [0.1, 0.15) is 17.9 Å². The molecule has 3 saturated carbocycles. The van der Waals surface area contributed by atoms with E-state index in [0.29, 0.717) is 42.0 Å². The van der Waals surface area contributed by atoms with Crippen LogP contribution in [0.2, 0.25) is 0 Å². The molecule has 7 rings (SSSR count). The van der Waals surface area contributed by atoms with Crippen molar-refractivity contribution in [3.63, 3.8) is 0 Å². The maximum Gasteiger partial charge on any atom is 0.253 e.